The molecular formula is C11H9N3O. The van der Waals surface area contributed by atoms with Gasteiger partial charge in [-0.25, -0.2) is 9.97 Å². The van der Waals surface area contributed by atoms with Crippen molar-refractivity contribution < 1.29 is 0 Å². The zero-order chi connectivity index (χ0) is 10.8. The van der Waals surface area contributed by atoms with Crippen LogP contribution in [0.15, 0.2) is 30.2 Å². The van der Waals surface area contributed by atoms with Crippen LogP contribution in [-0.2, 0) is 0 Å². The summed E-state index contributed by atoms with van der Waals surface area (Å²) in [4.78, 5) is 22.4. The van der Waals surface area contributed by atoms with Crippen LogP contribution in [0.25, 0.3) is 23.2 Å². The fourth-order valence-electron chi connectivity index (χ4n) is 1.32. The number of aromatic amines is 1. The van der Waals surface area contributed by atoms with Gasteiger partial charge in [0.05, 0.1) is 16.9 Å². The number of aromatic nitrogens is 3. The van der Waals surface area contributed by atoms with E-state index in [-0.39, 0.29) is 5.56 Å². The van der Waals surface area contributed by atoms with Gasteiger partial charge in [-0.2, -0.15) is 0 Å². The highest BCUT2D eigenvalue weighted by molar-refractivity contribution is 5.76. The summed E-state index contributed by atoms with van der Waals surface area (Å²) in [7, 11) is 0. The van der Waals surface area contributed by atoms with Crippen molar-refractivity contribution in [3.05, 3.63) is 47.2 Å². The van der Waals surface area contributed by atoms with Crippen LogP contribution in [0.2, 0.25) is 0 Å². The average molecular weight is 199 g/mol. The Bertz CT molecular complexity index is 598. The minimum absolute atomic E-state index is 0.251. The largest absolute Gasteiger partial charge is 0.327 e. The van der Waals surface area contributed by atoms with Crippen molar-refractivity contribution in [2.45, 2.75) is 0 Å². The molecule has 0 aliphatic rings. The maximum Gasteiger partial charge on any atom is 0.276 e. The van der Waals surface area contributed by atoms with E-state index < -0.39 is 0 Å². The van der Waals surface area contributed by atoms with Gasteiger partial charge in [-0.15, -0.1) is 0 Å². The summed E-state index contributed by atoms with van der Waals surface area (Å²) in [5.74, 6) is 0. The number of nitrogens with zero attached hydrogens (tertiary/aromatic N) is 2. The lowest BCUT2D eigenvalue weighted by atomic mass is 10.2. The second-order valence-electron chi connectivity index (χ2n) is 2.94. The second kappa shape index (κ2) is 3.49. The van der Waals surface area contributed by atoms with E-state index in [0.29, 0.717) is 22.4 Å². The fourth-order valence-corrected chi connectivity index (χ4v) is 1.32. The minimum atomic E-state index is -0.251. The second-order valence-corrected chi connectivity index (χ2v) is 2.94. The first kappa shape index (κ1) is 9.33. The Balaban J connectivity index is 2.93. The summed E-state index contributed by atoms with van der Waals surface area (Å²) >= 11 is 0. The molecule has 0 unspecified atom stereocenters. The van der Waals surface area contributed by atoms with Gasteiger partial charge in [0.2, 0.25) is 0 Å². The molecule has 0 fully saturated rings. The molecule has 0 aliphatic carbocycles. The summed E-state index contributed by atoms with van der Waals surface area (Å²) < 4.78 is 0. The van der Waals surface area contributed by atoms with Crippen LogP contribution < -0.4 is 5.56 Å². The van der Waals surface area contributed by atoms with Gasteiger partial charge in [0.15, 0.2) is 5.52 Å². The molecule has 0 radical (unpaired) electrons. The summed E-state index contributed by atoms with van der Waals surface area (Å²) in [5, 5.41) is 0. The molecule has 0 saturated carbocycles. The van der Waals surface area contributed by atoms with Gasteiger partial charge in [-0.1, -0.05) is 13.2 Å². The SMILES string of the molecule is C=Cc1nc2cc[nH]c(=O)c2nc1C=C. The van der Waals surface area contributed by atoms with Crippen molar-refractivity contribution in [3.63, 3.8) is 0 Å². The van der Waals surface area contributed by atoms with E-state index in [1.165, 1.54) is 0 Å². The molecule has 15 heavy (non-hydrogen) atoms. The molecule has 0 amide bonds. The van der Waals surface area contributed by atoms with Crippen molar-refractivity contribution in [3.8, 4) is 0 Å². The van der Waals surface area contributed by atoms with Crippen molar-refractivity contribution in [2.24, 2.45) is 0 Å². The molecule has 4 heteroatoms. The molecule has 1 N–H and O–H groups in total. The zero-order valence-corrected chi connectivity index (χ0v) is 8.03. The molecule has 2 aromatic heterocycles. The molecule has 0 aromatic carbocycles. The Kier molecular flexibility index (Phi) is 2.17. The molecule has 2 heterocycles. The van der Waals surface area contributed by atoms with Crippen molar-refractivity contribution in [1.82, 2.24) is 15.0 Å². The molecule has 2 rings (SSSR count). The molecule has 0 aliphatic heterocycles. The summed E-state index contributed by atoms with van der Waals surface area (Å²) in [5.41, 5.74) is 1.81. The van der Waals surface area contributed by atoms with Gasteiger partial charge in [0, 0.05) is 6.20 Å². The number of hydrogen-bond acceptors (Lipinski definition) is 3. The number of H-pyrrole nitrogens is 1. The standard InChI is InChI=1S/C11H9N3O/c1-3-7-8(4-2)14-10-9(13-7)5-6-12-11(10)15/h3-6H,1-2H2,(H,12,15). The van der Waals surface area contributed by atoms with Crippen LogP contribution in [0.5, 0.6) is 0 Å². The third-order valence-electron chi connectivity index (χ3n) is 2.04. The summed E-state index contributed by atoms with van der Waals surface area (Å²) in [6.45, 7) is 7.25. The van der Waals surface area contributed by atoms with Gasteiger partial charge in [0.25, 0.3) is 5.56 Å². The van der Waals surface area contributed by atoms with Gasteiger partial charge in [-0.05, 0) is 18.2 Å². The van der Waals surface area contributed by atoms with Gasteiger partial charge in [-0.3, -0.25) is 4.79 Å². The summed E-state index contributed by atoms with van der Waals surface area (Å²) in [6.07, 6.45) is 4.68. The Morgan fingerprint density at radius 1 is 1.20 bits per heavy atom. The lowest BCUT2D eigenvalue weighted by molar-refractivity contribution is 1.18. The van der Waals surface area contributed by atoms with Crippen LogP contribution in [0.4, 0.5) is 0 Å². The third kappa shape index (κ3) is 1.46. The van der Waals surface area contributed by atoms with E-state index in [9.17, 15) is 4.79 Å². The Labute approximate surface area is 86.0 Å². The van der Waals surface area contributed by atoms with Crippen LogP contribution in [0, 0.1) is 0 Å². The van der Waals surface area contributed by atoms with Crippen LogP contribution in [0.3, 0.4) is 0 Å². The zero-order valence-electron chi connectivity index (χ0n) is 8.03. The van der Waals surface area contributed by atoms with Crippen molar-refractivity contribution in [1.29, 1.82) is 0 Å². The molecule has 0 saturated heterocycles. The Morgan fingerprint density at radius 3 is 2.53 bits per heavy atom. The first-order valence-corrected chi connectivity index (χ1v) is 4.40. The van der Waals surface area contributed by atoms with E-state index in [1.54, 1.807) is 24.4 Å². The molecule has 2 aromatic rings. The quantitative estimate of drug-likeness (QED) is 0.799. The monoisotopic (exact) mass is 199 g/mol. The molecule has 74 valence electrons. The minimum Gasteiger partial charge on any atom is -0.327 e. The van der Waals surface area contributed by atoms with Crippen LogP contribution >= 0.6 is 0 Å². The third-order valence-corrected chi connectivity index (χ3v) is 2.04. The molecule has 0 bridgehead atoms. The van der Waals surface area contributed by atoms with Gasteiger partial charge in [0.1, 0.15) is 0 Å². The molecule has 0 atom stereocenters. The smallest absolute Gasteiger partial charge is 0.276 e. The van der Waals surface area contributed by atoms with E-state index in [2.05, 4.69) is 28.1 Å². The highest BCUT2D eigenvalue weighted by Gasteiger charge is 2.05. The maximum absolute atomic E-state index is 11.4. The number of fused-ring (bicyclic) bond motifs is 1. The number of hydrogen-bond donors (Lipinski definition) is 1. The Hall–Kier alpha value is -2.23. The average Bonchev–Trinajstić information content (AvgIpc) is 2.28. The van der Waals surface area contributed by atoms with Crippen LogP contribution in [0.1, 0.15) is 11.4 Å². The fraction of sp³-hybridized carbons (Fsp3) is 0. The van der Waals surface area contributed by atoms with Crippen LogP contribution in [-0.4, -0.2) is 15.0 Å². The number of rotatable bonds is 2. The molecule has 4 nitrogen and oxygen atoms in total. The van der Waals surface area contributed by atoms with Gasteiger partial charge >= 0.3 is 0 Å². The maximum atomic E-state index is 11.4. The molecule has 0 spiro atoms. The highest BCUT2D eigenvalue weighted by atomic mass is 16.1. The predicted octanol–water partition coefficient (Wildman–Crippen LogP) is 1.60. The number of nitrogens with one attached hydrogen (secondary N) is 1. The predicted molar refractivity (Wildman–Crippen MR) is 60.3 cm³/mol. The van der Waals surface area contributed by atoms with E-state index in [1.807, 2.05) is 0 Å². The highest BCUT2D eigenvalue weighted by Crippen LogP contribution is 2.11. The van der Waals surface area contributed by atoms with Crippen molar-refractivity contribution in [2.75, 3.05) is 0 Å². The lowest BCUT2D eigenvalue weighted by Crippen LogP contribution is -2.09. The number of pyridine rings is 1. The normalized spacial score (nSPS) is 10.1. The lowest BCUT2D eigenvalue weighted by Gasteiger charge is -2.01. The molecular weight excluding hydrogens is 190 g/mol. The van der Waals surface area contributed by atoms with E-state index in [4.69, 9.17) is 0 Å². The first-order chi connectivity index (χ1) is 7.26. The first-order valence-electron chi connectivity index (χ1n) is 4.40. The topological polar surface area (TPSA) is 58.6 Å². The van der Waals surface area contributed by atoms with E-state index in [0.717, 1.165) is 0 Å². The summed E-state index contributed by atoms with van der Waals surface area (Å²) in [6, 6.07) is 1.70. The van der Waals surface area contributed by atoms with E-state index >= 15 is 0 Å². The Morgan fingerprint density at radius 2 is 1.87 bits per heavy atom. The van der Waals surface area contributed by atoms with Crippen molar-refractivity contribution >= 4 is 23.2 Å². The van der Waals surface area contributed by atoms with Gasteiger partial charge < -0.3 is 4.98 Å².